The van der Waals surface area contributed by atoms with Gasteiger partial charge in [0.2, 0.25) is 0 Å². The maximum atomic E-state index is 13.1. The number of hydrogen-bond acceptors (Lipinski definition) is 8. The number of anilines is 2. The molecule has 0 N–H and O–H groups in total. The van der Waals surface area contributed by atoms with Gasteiger partial charge in [-0.2, -0.15) is 18.2 Å². The number of piperazine rings is 1. The molecule has 33 heavy (non-hydrogen) atoms. The Hall–Kier alpha value is -3.54. The Bertz CT molecular complexity index is 1300. The molecular weight excluding hydrogens is 461 g/mol. The second-order valence-corrected chi connectivity index (χ2v) is 8.48. The number of Topliss-reactive ketones (excluding diaryl/α,β-unsaturated/α-hetero) is 1. The number of alkyl halides is 3. The fourth-order valence-electron chi connectivity index (χ4n) is 3.64. The van der Waals surface area contributed by atoms with Crippen molar-refractivity contribution < 1.29 is 22.9 Å². The van der Waals surface area contributed by atoms with Gasteiger partial charge in [0.05, 0.1) is 15.9 Å². The van der Waals surface area contributed by atoms with E-state index in [1.54, 1.807) is 17.0 Å². The monoisotopic (exact) mass is 478 g/mol. The third kappa shape index (κ3) is 4.51. The van der Waals surface area contributed by atoms with Gasteiger partial charge >= 0.3 is 6.18 Å². The molecule has 1 fully saturated rings. The second-order valence-electron chi connectivity index (χ2n) is 7.51. The Balaban J connectivity index is 1.62. The number of benzene rings is 2. The molecule has 1 saturated heterocycles. The van der Waals surface area contributed by atoms with E-state index < -0.39 is 33.3 Å². The fourth-order valence-corrected chi connectivity index (χ4v) is 4.76. The first-order valence-electron chi connectivity index (χ1n) is 9.86. The zero-order valence-corrected chi connectivity index (χ0v) is 18.1. The van der Waals surface area contributed by atoms with Crippen LogP contribution in [0.5, 0.6) is 0 Å². The first-order valence-corrected chi connectivity index (χ1v) is 10.7. The Kier molecular flexibility index (Phi) is 5.78. The minimum Gasteiger partial charge on any atom is -0.368 e. The van der Waals surface area contributed by atoms with Crippen LogP contribution in [-0.4, -0.2) is 41.9 Å². The highest BCUT2D eigenvalue weighted by molar-refractivity contribution is 7.22. The van der Waals surface area contributed by atoms with Crippen LogP contribution in [0.25, 0.3) is 10.1 Å². The zero-order chi connectivity index (χ0) is 23.9. The van der Waals surface area contributed by atoms with E-state index in [-0.39, 0.29) is 15.6 Å². The smallest absolute Gasteiger partial charge is 0.368 e. The molecule has 8 nitrogen and oxygen atoms in total. The number of carbonyl (C=O) groups excluding carboxylic acids is 1. The molecular formula is C21H17F3N4O4S. The van der Waals surface area contributed by atoms with Gasteiger partial charge in [0.15, 0.2) is 10.9 Å². The van der Waals surface area contributed by atoms with Crippen molar-refractivity contribution >= 4 is 43.7 Å². The van der Waals surface area contributed by atoms with Crippen molar-refractivity contribution in [2.45, 2.75) is 13.1 Å². The van der Waals surface area contributed by atoms with Crippen molar-refractivity contribution in [1.29, 1.82) is 0 Å². The number of non-ortho nitro benzene ring substituents is 1. The number of rotatable bonds is 4. The van der Waals surface area contributed by atoms with Crippen molar-refractivity contribution in [3.8, 4) is 0 Å². The Morgan fingerprint density at radius 2 is 1.70 bits per heavy atom. The third-order valence-corrected chi connectivity index (χ3v) is 6.57. The second kappa shape index (κ2) is 8.43. The largest absolute Gasteiger partial charge is 0.416 e. The summed E-state index contributed by atoms with van der Waals surface area (Å²) in [5.41, 5.74) is -1.43. The predicted molar refractivity (Wildman–Crippen MR) is 118 cm³/mol. The standard InChI is InChI=1S/C21H17F3N4O4S/c1-12(29)13-2-4-15(5-3-13)26-6-8-27(9-7-26)20-25-19(30)16-10-14(21(22,23)24)11-17(28(31)32)18(16)33-20/h2-5,10-11H,6-9H2,1H3. The number of ketones is 1. The summed E-state index contributed by atoms with van der Waals surface area (Å²) < 4.78 is 39.2. The molecule has 2 aromatic carbocycles. The average Bonchev–Trinajstić information content (AvgIpc) is 2.78. The lowest BCUT2D eigenvalue weighted by molar-refractivity contribution is -0.383. The summed E-state index contributed by atoms with van der Waals surface area (Å²) >= 11 is 0.834. The molecule has 172 valence electrons. The highest BCUT2D eigenvalue weighted by Crippen LogP contribution is 2.38. The molecule has 0 aliphatic carbocycles. The summed E-state index contributed by atoms with van der Waals surface area (Å²) in [5, 5.41) is 11.2. The summed E-state index contributed by atoms with van der Waals surface area (Å²) in [7, 11) is 0. The van der Waals surface area contributed by atoms with Crippen LogP contribution in [-0.2, 0) is 6.18 Å². The highest BCUT2D eigenvalue weighted by Gasteiger charge is 2.34. The highest BCUT2D eigenvalue weighted by atomic mass is 32.1. The van der Waals surface area contributed by atoms with Gasteiger partial charge in [-0.3, -0.25) is 19.7 Å². The molecule has 0 saturated carbocycles. The van der Waals surface area contributed by atoms with E-state index in [1.807, 2.05) is 12.1 Å². The number of nitro benzene ring substituents is 1. The van der Waals surface area contributed by atoms with E-state index in [4.69, 9.17) is 0 Å². The van der Waals surface area contributed by atoms with Crippen LogP contribution in [0.4, 0.5) is 29.7 Å². The molecule has 0 radical (unpaired) electrons. The Morgan fingerprint density at radius 3 is 2.24 bits per heavy atom. The van der Waals surface area contributed by atoms with Crippen molar-refractivity contribution in [2.75, 3.05) is 36.0 Å². The van der Waals surface area contributed by atoms with Gasteiger partial charge in [-0.05, 0) is 37.3 Å². The van der Waals surface area contributed by atoms with Crippen molar-refractivity contribution in [3.63, 3.8) is 0 Å². The molecule has 2 heterocycles. The summed E-state index contributed by atoms with van der Waals surface area (Å²) in [6.07, 6.45) is -4.83. The fraction of sp³-hybridized carbons (Fsp3) is 0.286. The Morgan fingerprint density at radius 1 is 1.09 bits per heavy atom. The molecule has 3 aromatic rings. The van der Waals surface area contributed by atoms with Gasteiger partial charge in [0.25, 0.3) is 11.2 Å². The lowest BCUT2D eigenvalue weighted by Gasteiger charge is -2.36. The normalized spacial score (nSPS) is 14.5. The van der Waals surface area contributed by atoms with E-state index in [2.05, 4.69) is 9.88 Å². The Labute approximate surface area is 189 Å². The van der Waals surface area contributed by atoms with Crippen molar-refractivity contribution in [1.82, 2.24) is 4.98 Å². The van der Waals surface area contributed by atoms with Crippen LogP contribution in [0.1, 0.15) is 22.8 Å². The third-order valence-electron chi connectivity index (χ3n) is 5.40. The summed E-state index contributed by atoms with van der Waals surface area (Å²) in [4.78, 5) is 42.3. The van der Waals surface area contributed by atoms with Gasteiger partial charge in [-0.25, -0.2) is 0 Å². The molecule has 0 amide bonds. The van der Waals surface area contributed by atoms with Crippen LogP contribution < -0.4 is 15.4 Å². The molecule has 4 rings (SSSR count). The van der Waals surface area contributed by atoms with E-state index in [0.29, 0.717) is 43.9 Å². The van der Waals surface area contributed by atoms with Crippen LogP contribution in [0.15, 0.2) is 41.2 Å². The van der Waals surface area contributed by atoms with Gasteiger partial charge < -0.3 is 9.80 Å². The molecule has 1 aliphatic heterocycles. The summed E-state index contributed by atoms with van der Waals surface area (Å²) in [6, 6.07) is 8.25. The molecule has 0 bridgehead atoms. The van der Waals surface area contributed by atoms with Gasteiger partial charge in [0, 0.05) is 43.5 Å². The molecule has 0 atom stereocenters. The number of nitro groups is 1. The SMILES string of the molecule is CC(=O)c1ccc(N2CCN(c3nc(=O)c4cc(C(F)(F)F)cc([N+](=O)[O-])c4s3)CC2)cc1. The number of aromatic nitrogens is 1. The van der Waals surface area contributed by atoms with E-state index in [0.717, 1.165) is 17.0 Å². The number of halogens is 3. The number of carbonyl (C=O) groups is 1. The van der Waals surface area contributed by atoms with E-state index in [9.17, 15) is 32.9 Å². The lowest BCUT2D eigenvalue weighted by Crippen LogP contribution is -2.47. The van der Waals surface area contributed by atoms with Crippen molar-refractivity contribution in [2.24, 2.45) is 0 Å². The minimum atomic E-state index is -4.83. The first kappa shape index (κ1) is 22.6. The first-order chi connectivity index (χ1) is 15.5. The quantitative estimate of drug-likeness (QED) is 0.316. The van der Waals surface area contributed by atoms with Gasteiger partial charge in [-0.15, -0.1) is 0 Å². The van der Waals surface area contributed by atoms with Crippen LogP contribution in [0, 0.1) is 10.1 Å². The zero-order valence-electron chi connectivity index (χ0n) is 17.3. The topological polar surface area (TPSA) is 96.7 Å². The molecule has 1 aromatic heterocycles. The van der Waals surface area contributed by atoms with E-state index in [1.165, 1.54) is 6.92 Å². The number of fused-ring (bicyclic) bond motifs is 1. The van der Waals surface area contributed by atoms with Crippen molar-refractivity contribution in [3.05, 3.63) is 68.0 Å². The molecule has 0 spiro atoms. The van der Waals surface area contributed by atoms with Crippen LogP contribution >= 0.6 is 11.3 Å². The van der Waals surface area contributed by atoms with Crippen LogP contribution in [0.2, 0.25) is 0 Å². The molecule has 0 unspecified atom stereocenters. The van der Waals surface area contributed by atoms with Gasteiger partial charge in [0.1, 0.15) is 4.70 Å². The van der Waals surface area contributed by atoms with Gasteiger partial charge in [-0.1, -0.05) is 11.3 Å². The van der Waals surface area contributed by atoms with E-state index >= 15 is 0 Å². The summed E-state index contributed by atoms with van der Waals surface area (Å²) in [6.45, 7) is 3.53. The number of nitrogens with zero attached hydrogens (tertiary/aromatic N) is 4. The van der Waals surface area contributed by atoms with Crippen LogP contribution in [0.3, 0.4) is 0 Å². The maximum Gasteiger partial charge on any atom is 0.416 e. The predicted octanol–water partition coefficient (Wildman–Crippen LogP) is 4.11. The number of hydrogen-bond donors (Lipinski definition) is 0. The molecule has 1 aliphatic rings. The molecule has 12 heteroatoms. The minimum absolute atomic E-state index is 0.0277. The average molecular weight is 478 g/mol. The lowest BCUT2D eigenvalue weighted by atomic mass is 10.1. The maximum absolute atomic E-state index is 13.1. The summed E-state index contributed by atoms with van der Waals surface area (Å²) in [5.74, 6) is -0.0277.